The minimum Gasteiger partial charge on any atom is -0.358 e. The molecule has 0 amide bonds. The molecule has 2 aliphatic heterocycles. The first-order valence-electron chi connectivity index (χ1n) is 12.1. The summed E-state index contributed by atoms with van der Waals surface area (Å²) in [5.41, 5.74) is 2.45. The number of hydrogen-bond acceptors (Lipinski definition) is 5. The van der Waals surface area contributed by atoms with Gasteiger partial charge in [-0.15, -0.1) is 0 Å². The molecule has 0 spiro atoms. The summed E-state index contributed by atoms with van der Waals surface area (Å²) in [6.45, 7) is 9.31. The molecule has 0 saturated carbocycles. The SMILES string of the molecule is Cc1ccc(CNC(=S)Nc2nc(N3CCCCCC3)cc(N3CCC[C@H](C)C3)n2)cc1. The minimum absolute atomic E-state index is 0.552. The molecular weight excluding hydrogens is 416 g/mol. The maximum atomic E-state index is 5.57. The number of rotatable bonds is 5. The lowest BCUT2D eigenvalue weighted by atomic mass is 10.0. The first-order valence-corrected chi connectivity index (χ1v) is 12.5. The van der Waals surface area contributed by atoms with E-state index in [-0.39, 0.29) is 0 Å². The molecule has 172 valence electrons. The van der Waals surface area contributed by atoms with Crippen LogP contribution in [0.4, 0.5) is 17.6 Å². The number of anilines is 3. The van der Waals surface area contributed by atoms with Crippen molar-refractivity contribution in [2.24, 2.45) is 5.92 Å². The van der Waals surface area contributed by atoms with E-state index >= 15 is 0 Å². The van der Waals surface area contributed by atoms with Gasteiger partial charge >= 0.3 is 0 Å². The second-order valence-corrected chi connectivity index (χ2v) is 9.70. The third-order valence-electron chi connectivity index (χ3n) is 6.41. The Morgan fingerprint density at radius 1 is 0.969 bits per heavy atom. The van der Waals surface area contributed by atoms with E-state index in [9.17, 15) is 0 Å². The maximum absolute atomic E-state index is 5.57. The van der Waals surface area contributed by atoms with Crippen molar-refractivity contribution in [1.29, 1.82) is 0 Å². The first kappa shape index (κ1) is 22.8. The van der Waals surface area contributed by atoms with Gasteiger partial charge in [0.15, 0.2) is 5.11 Å². The van der Waals surface area contributed by atoms with E-state index in [0.29, 0.717) is 23.5 Å². The van der Waals surface area contributed by atoms with Gasteiger partial charge in [-0.05, 0) is 56.3 Å². The number of hydrogen-bond donors (Lipinski definition) is 2. The van der Waals surface area contributed by atoms with Gasteiger partial charge in [0.05, 0.1) is 0 Å². The van der Waals surface area contributed by atoms with Crippen LogP contribution in [0.5, 0.6) is 0 Å². The second kappa shape index (κ2) is 10.9. The summed E-state index contributed by atoms with van der Waals surface area (Å²) in [5.74, 6) is 3.30. The number of aryl methyl sites for hydroxylation is 1. The molecule has 2 N–H and O–H groups in total. The molecule has 2 aliphatic rings. The van der Waals surface area contributed by atoms with Crippen molar-refractivity contribution < 1.29 is 0 Å². The molecule has 4 rings (SSSR count). The third kappa shape index (κ3) is 6.31. The number of benzene rings is 1. The summed E-state index contributed by atoms with van der Waals surface area (Å²) < 4.78 is 0. The summed E-state index contributed by atoms with van der Waals surface area (Å²) in [6.07, 6.45) is 7.55. The van der Waals surface area contributed by atoms with Gasteiger partial charge in [-0.1, -0.05) is 49.6 Å². The van der Waals surface area contributed by atoms with Gasteiger partial charge in [-0.2, -0.15) is 9.97 Å². The molecule has 0 radical (unpaired) electrons. The quantitative estimate of drug-likeness (QED) is 0.627. The summed E-state index contributed by atoms with van der Waals surface area (Å²) in [4.78, 5) is 14.6. The highest BCUT2D eigenvalue weighted by atomic mass is 32.1. The summed E-state index contributed by atoms with van der Waals surface area (Å²) >= 11 is 5.57. The molecule has 3 heterocycles. The highest BCUT2D eigenvalue weighted by Crippen LogP contribution is 2.27. The maximum Gasteiger partial charge on any atom is 0.232 e. The Morgan fingerprint density at radius 2 is 1.62 bits per heavy atom. The third-order valence-corrected chi connectivity index (χ3v) is 6.66. The van der Waals surface area contributed by atoms with E-state index in [1.807, 2.05) is 0 Å². The van der Waals surface area contributed by atoms with Gasteiger partial charge < -0.3 is 20.4 Å². The molecule has 1 atom stereocenters. The van der Waals surface area contributed by atoms with Crippen molar-refractivity contribution in [1.82, 2.24) is 15.3 Å². The average Bonchev–Trinajstić information content (AvgIpc) is 3.08. The van der Waals surface area contributed by atoms with E-state index in [0.717, 1.165) is 37.8 Å². The zero-order chi connectivity index (χ0) is 22.3. The van der Waals surface area contributed by atoms with Crippen LogP contribution >= 0.6 is 12.2 Å². The molecule has 6 nitrogen and oxygen atoms in total. The van der Waals surface area contributed by atoms with Crippen LogP contribution in [0.2, 0.25) is 0 Å². The Morgan fingerprint density at radius 3 is 2.31 bits per heavy atom. The van der Waals surface area contributed by atoms with Crippen molar-refractivity contribution in [3.05, 3.63) is 41.5 Å². The molecule has 2 fully saturated rings. The number of thiocarbonyl (C=S) groups is 1. The van der Waals surface area contributed by atoms with Gasteiger partial charge in [0.2, 0.25) is 5.95 Å². The fourth-order valence-electron chi connectivity index (χ4n) is 4.53. The van der Waals surface area contributed by atoms with Crippen LogP contribution in [0.25, 0.3) is 0 Å². The molecule has 32 heavy (non-hydrogen) atoms. The average molecular weight is 453 g/mol. The fraction of sp³-hybridized carbons (Fsp3) is 0.560. The summed E-state index contributed by atoms with van der Waals surface area (Å²) in [7, 11) is 0. The van der Waals surface area contributed by atoms with E-state index in [2.05, 4.69) is 64.6 Å². The number of aromatic nitrogens is 2. The predicted octanol–water partition coefficient (Wildman–Crippen LogP) is 4.89. The molecule has 0 bridgehead atoms. The number of nitrogens with zero attached hydrogens (tertiary/aromatic N) is 4. The van der Waals surface area contributed by atoms with Crippen LogP contribution in [-0.2, 0) is 6.54 Å². The minimum atomic E-state index is 0.552. The highest BCUT2D eigenvalue weighted by Gasteiger charge is 2.21. The zero-order valence-electron chi connectivity index (χ0n) is 19.4. The Hall–Kier alpha value is -2.41. The normalized spacial score (nSPS) is 19.4. The van der Waals surface area contributed by atoms with Crippen molar-refractivity contribution in [3.63, 3.8) is 0 Å². The van der Waals surface area contributed by atoms with Gasteiger partial charge in [0.1, 0.15) is 11.6 Å². The summed E-state index contributed by atoms with van der Waals surface area (Å²) in [6, 6.07) is 10.7. The van der Waals surface area contributed by atoms with E-state index in [1.54, 1.807) is 0 Å². The van der Waals surface area contributed by atoms with Gasteiger partial charge in [0.25, 0.3) is 0 Å². The van der Waals surface area contributed by atoms with Crippen molar-refractivity contribution in [2.45, 2.75) is 58.9 Å². The number of piperidine rings is 1. The zero-order valence-corrected chi connectivity index (χ0v) is 20.3. The van der Waals surface area contributed by atoms with Crippen LogP contribution in [0.1, 0.15) is 56.6 Å². The Balaban J connectivity index is 1.49. The van der Waals surface area contributed by atoms with Crippen LogP contribution < -0.4 is 20.4 Å². The largest absolute Gasteiger partial charge is 0.358 e. The van der Waals surface area contributed by atoms with Crippen molar-refractivity contribution >= 4 is 34.9 Å². The first-order chi connectivity index (χ1) is 15.6. The van der Waals surface area contributed by atoms with E-state index in [1.165, 1.54) is 49.7 Å². The standard InChI is InChI=1S/C25H36N6S/c1-19-9-11-21(12-10-19)17-26-25(32)29-24-27-22(30-13-5-3-4-6-14-30)16-23(28-24)31-15-7-8-20(2)18-31/h9-12,16,20H,3-8,13-15,17-18H2,1-2H3,(H2,26,27,28,29,32)/t20-/m0/s1. The molecule has 0 unspecified atom stereocenters. The molecule has 2 saturated heterocycles. The lowest BCUT2D eigenvalue weighted by molar-refractivity contribution is 0.444. The van der Waals surface area contributed by atoms with E-state index < -0.39 is 0 Å². The van der Waals surface area contributed by atoms with Crippen molar-refractivity contribution in [3.8, 4) is 0 Å². The molecular formula is C25H36N6S. The lowest BCUT2D eigenvalue weighted by Crippen LogP contribution is -2.36. The van der Waals surface area contributed by atoms with Crippen LogP contribution in [0.15, 0.2) is 30.3 Å². The van der Waals surface area contributed by atoms with Gasteiger partial charge in [0, 0.05) is 38.8 Å². The molecule has 2 aromatic rings. The smallest absolute Gasteiger partial charge is 0.232 e. The van der Waals surface area contributed by atoms with Crippen LogP contribution in [-0.4, -0.2) is 41.3 Å². The Bertz CT molecular complexity index is 872. The Kier molecular flexibility index (Phi) is 7.79. The summed E-state index contributed by atoms with van der Waals surface area (Å²) in [5, 5.41) is 7.10. The molecule has 1 aromatic heterocycles. The molecule has 7 heteroatoms. The fourth-order valence-corrected chi connectivity index (χ4v) is 4.70. The topological polar surface area (TPSA) is 56.3 Å². The van der Waals surface area contributed by atoms with Gasteiger partial charge in [-0.3, -0.25) is 0 Å². The van der Waals surface area contributed by atoms with Crippen LogP contribution in [0, 0.1) is 12.8 Å². The van der Waals surface area contributed by atoms with Crippen LogP contribution in [0.3, 0.4) is 0 Å². The highest BCUT2D eigenvalue weighted by molar-refractivity contribution is 7.80. The Labute approximate surface area is 197 Å². The lowest BCUT2D eigenvalue weighted by Gasteiger charge is -2.33. The number of nitrogens with one attached hydrogen (secondary N) is 2. The van der Waals surface area contributed by atoms with Crippen molar-refractivity contribution in [2.75, 3.05) is 41.3 Å². The molecule has 1 aromatic carbocycles. The monoisotopic (exact) mass is 452 g/mol. The second-order valence-electron chi connectivity index (χ2n) is 9.30. The van der Waals surface area contributed by atoms with E-state index in [4.69, 9.17) is 22.2 Å². The van der Waals surface area contributed by atoms with Gasteiger partial charge in [-0.25, -0.2) is 0 Å². The molecule has 0 aliphatic carbocycles. The predicted molar refractivity (Wildman–Crippen MR) is 138 cm³/mol.